The third-order valence-electron chi connectivity index (χ3n) is 4.93. The Bertz CT molecular complexity index is 810. The predicted octanol–water partition coefficient (Wildman–Crippen LogP) is 3.48. The van der Waals surface area contributed by atoms with E-state index in [1.165, 1.54) is 0 Å². The van der Waals surface area contributed by atoms with Crippen LogP contribution >= 0.6 is 0 Å². The Labute approximate surface area is 179 Å². The summed E-state index contributed by atoms with van der Waals surface area (Å²) in [5.74, 6) is 0.822. The Kier molecular flexibility index (Phi) is 8.25. The molecule has 6 heteroatoms. The van der Waals surface area contributed by atoms with Gasteiger partial charge < -0.3 is 19.4 Å². The quantitative estimate of drug-likeness (QED) is 0.612. The number of aliphatic hydroxyl groups is 1. The highest BCUT2D eigenvalue weighted by Crippen LogP contribution is 2.20. The van der Waals surface area contributed by atoms with E-state index in [2.05, 4.69) is 16.1 Å². The van der Waals surface area contributed by atoms with Crippen LogP contribution in [-0.2, 0) is 16.1 Å². The van der Waals surface area contributed by atoms with Crippen molar-refractivity contribution in [2.24, 2.45) is 5.16 Å². The van der Waals surface area contributed by atoms with Gasteiger partial charge in [-0.25, -0.2) is 0 Å². The van der Waals surface area contributed by atoms with Crippen LogP contribution in [0.1, 0.15) is 31.4 Å². The number of oxime groups is 1. The van der Waals surface area contributed by atoms with Gasteiger partial charge >= 0.3 is 0 Å². The molecule has 3 rings (SSSR count). The smallest absolute Gasteiger partial charge is 0.145 e. The number of ether oxygens (including phenoxy) is 2. The maximum atomic E-state index is 10.5. The molecule has 162 valence electrons. The van der Waals surface area contributed by atoms with Gasteiger partial charge in [0.2, 0.25) is 0 Å². The molecule has 0 bridgehead atoms. The Hall–Kier alpha value is -2.41. The van der Waals surface area contributed by atoms with Gasteiger partial charge in [-0.15, -0.1) is 0 Å². The summed E-state index contributed by atoms with van der Waals surface area (Å²) in [5, 5.41) is 14.8. The lowest BCUT2D eigenvalue weighted by molar-refractivity contribution is -0.0194. The fourth-order valence-electron chi connectivity index (χ4n) is 3.50. The Morgan fingerprint density at radius 2 is 1.97 bits per heavy atom. The van der Waals surface area contributed by atoms with Crippen LogP contribution in [0, 0.1) is 0 Å². The zero-order valence-electron chi connectivity index (χ0n) is 18.0. The number of hydrogen-bond donors (Lipinski definition) is 1. The molecule has 0 aliphatic carbocycles. The molecule has 6 nitrogen and oxygen atoms in total. The van der Waals surface area contributed by atoms with E-state index in [1.807, 2.05) is 62.4 Å². The van der Waals surface area contributed by atoms with Crippen molar-refractivity contribution in [3.8, 4) is 5.75 Å². The van der Waals surface area contributed by atoms with Crippen molar-refractivity contribution in [3.63, 3.8) is 0 Å². The zero-order valence-corrected chi connectivity index (χ0v) is 18.0. The first-order valence-corrected chi connectivity index (χ1v) is 10.5. The lowest BCUT2D eigenvalue weighted by Crippen LogP contribution is -2.39. The minimum absolute atomic E-state index is 0.0518. The summed E-state index contributed by atoms with van der Waals surface area (Å²) in [6, 6.07) is 18.1. The van der Waals surface area contributed by atoms with Crippen LogP contribution in [-0.4, -0.2) is 60.8 Å². The normalized spacial score (nSPS) is 17.1. The molecule has 0 fully saturated rings. The first kappa shape index (κ1) is 22.3. The Morgan fingerprint density at radius 3 is 2.70 bits per heavy atom. The Morgan fingerprint density at radius 1 is 1.17 bits per heavy atom. The molecule has 0 saturated heterocycles. The van der Waals surface area contributed by atoms with Crippen molar-refractivity contribution < 1.29 is 19.4 Å². The van der Waals surface area contributed by atoms with E-state index in [0.717, 1.165) is 29.0 Å². The highest BCUT2D eigenvalue weighted by Gasteiger charge is 2.26. The van der Waals surface area contributed by atoms with Crippen LogP contribution in [0.3, 0.4) is 0 Å². The number of nitrogens with zero attached hydrogens (tertiary/aromatic N) is 2. The summed E-state index contributed by atoms with van der Waals surface area (Å²) in [4.78, 5) is 7.91. The van der Waals surface area contributed by atoms with E-state index in [0.29, 0.717) is 26.2 Å². The molecule has 2 aromatic carbocycles. The van der Waals surface area contributed by atoms with Gasteiger partial charge in [-0.05, 0) is 37.1 Å². The molecule has 0 saturated carbocycles. The summed E-state index contributed by atoms with van der Waals surface area (Å²) in [6.45, 7) is 6.07. The van der Waals surface area contributed by atoms with E-state index >= 15 is 0 Å². The highest BCUT2D eigenvalue weighted by molar-refractivity contribution is 6.01. The Balaban J connectivity index is 1.63. The fourth-order valence-corrected chi connectivity index (χ4v) is 3.50. The van der Waals surface area contributed by atoms with Crippen LogP contribution in [0.25, 0.3) is 0 Å². The maximum Gasteiger partial charge on any atom is 0.145 e. The lowest BCUT2D eigenvalue weighted by atomic mass is 10.0. The van der Waals surface area contributed by atoms with Crippen LogP contribution in [0.2, 0.25) is 0 Å². The van der Waals surface area contributed by atoms with E-state index < -0.39 is 6.10 Å². The molecule has 0 amide bonds. The molecular formula is C24H32N2O4. The number of hydrogen-bond acceptors (Lipinski definition) is 6. The topological polar surface area (TPSA) is 63.5 Å². The van der Waals surface area contributed by atoms with Gasteiger partial charge in [-0.3, -0.25) is 4.90 Å². The van der Waals surface area contributed by atoms with E-state index in [4.69, 9.17) is 14.3 Å². The predicted molar refractivity (Wildman–Crippen MR) is 118 cm³/mol. The number of benzene rings is 2. The SMILES string of the molecule is COc1cccc(CN(C[C@@H](O)COC(C)C)C[C@@H]2CC(c3ccccc3)=NO2)c1. The highest BCUT2D eigenvalue weighted by atomic mass is 16.6. The summed E-state index contributed by atoms with van der Waals surface area (Å²) < 4.78 is 10.9. The monoisotopic (exact) mass is 412 g/mol. The van der Waals surface area contributed by atoms with Crippen molar-refractivity contribution in [3.05, 3.63) is 65.7 Å². The first-order valence-electron chi connectivity index (χ1n) is 10.5. The zero-order chi connectivity index (χ0) is 21.3. The van der Waals surface area contributed by atoms with Crippen molar-refractivity contribution in [2.45, 2.75) is 45.1 Å². The molecule has 0 aromatic heterocycles. The maximum absolute atomic E-state index is 10.5. The summed E-state index contributed by atoms with van der Waals surface area (Å²) in [6.07, 6.45) is 0.210. The van der Waals surface area contributed by atoms with Gasteiger partial charge in [-0.1, -0.05) is 47.6 Å². The molecule has 1 heterocycles. The minimum atomic E-state index is -0.575. The number of rotatable bonds is 11. The number of methoxy groups -OCH3 is 1. The molecule has 0 unspecified atom stereocenters. The average molecular weight is 413 g/mol. The van der Waals surface area contributed by atoms with E-state index in [9.17, 15) is 5.11 Å². The first-order chi connectivity index (χ1) is 14.5. The van der Waals surface area contributed by atoms with Crippen molar-refractivity contribution in [1.82, 2.24) is 4.90 Å². The molecule has 0 radical (unpaired) electrons. The summed E-state index contributed by atoms with van der Waals surface area (Å²) in [7, 11) is 1.67. The minimum Gasteiger partial charge on any atom is -0.497 e. The summed E-state index contributed by atoms with van der Waals surface area (Å²) in [5.41, 5.74) is 3.17. The third kappa shape index (κ3) is 6.83. The van der Waals surface area contributed by atoms with Crippen molar-refractivity contribution in [2.75, 3.05) is 26.8 Å². The van der Waals surface area contributed by atoms with Crippen LogP contribution in [0.15, 0.2) is 59.8 Å². The van der Waals surface area contributed by atoms with Crippen molar-refractivity contribution in [1.29, 1.82) is 0 Å². The molecular weight excluding hydrogens is 380 g/mol. The molecule has 2 atom stereocenters. The van der Waals surface area contributed by atoms with Crippen LogP contribution < -0.4 is 4.74 Å². The van der Waals surface area contributed by atoms with Crippen LogP contribution in [0.4, 0.5) is 0 Å². The molecule has 0 spiro atoms. The van der Waals surface area contributed by atoms with Gasteiger partial charge in [0.25, 0.3) is 0 Å². The molecule has 2 aromatic rings. The molecule has 1 aliphatic heterocycles. The number of aliphatic hydroxyl groups excluding tert-OH is 1. The molecule has 1 N–H and O–H groups in total. The lowest BCUT2D eigenvalue weighted by Gasteiger charge is -2.27. The van der Waals surface area contributed by atoms with Crippen LogP contribution in [0.5, 0.6) is 5.75 Å². The van der Waals surface area contributed by atoms with Gasteiger partial charge in [0.15, 0.2) is 0 Å². The van der Waals surface area contributed by atoms with Gasteiger partial charge in [-0.2, -0.15) is 0 Å². The average Bonchev–Trinajstić information content (AvgIpc) is 3.21. The summed E-state index contributed by atoms with van der Waals surface area (Å²) >= 11 is 0. The molecule has 30 heavy (non-hydrogen) atoms. The second-order valence-electron chi connectivity index (χ2n) is 7.92. The second kappa shape index (κ2) is 11.1. The standard InChI is InChI=1S/C24H32N2O4/c1-18(2)29-17-21(27)15-26(14-19-8-7-11-22(12-19)28-3)16-23-13-24(25-30-23)20-9-5-4-6-10-20/h4-12,18,21,23,27H,13-17H2,1-3H3/t21-,23+/m1/s1. The van der Waals surface area contributed by atoms with Gasteiger partial charge in [0.05, 0.1) is 31.6 Å². The van der Waals surface area contributed by atoms with E-state index in [-0.39, 0.29) is 12.2 Å². The van der Waals surface area contributed by atoms with Gasteiger partial charge in [0.1, 0.15) is 11.9 Å². The van der Waals surface area contributed by atoms with Gasteiger partial charge in [0, 0.05) is 26.1 Å². The largest absolute Gasteiger partial charge is 0.497 e. The van der Waals surface area contributed by atoms with Crippen molar-refractivity contribution >= 4 is 5.71 Å². The van der Waals surface area contributed by atoms with E-state index in [1.54, 1.807) is 7.11 Å². The third-order valence-corrected chi connectivity index (χ3v) is 4.93. The fraction of sp³-hybridized carbons (Fsp3) is 0.458. The second-order valence-corrected chi connectivity index (χ2v) is 7.92. The molecule has 1 aliphatic rings.